The van der Waals surface area contributed by atoms with E-state index < -0.39 is 28.4 Å². The molecule has 3 heterocycles. The normalized spacial score (nSPS) is 19.6. The van der Waals surface area contributed by atoms with Crippen molar-refractivity contribution in [3.8, 4) is 0 Å². The lowest BCUT2D eigenvalue weighted by molar-refractivity contribution is -0.385. The predicted molar refractivity (Wildman–Crippen MR) is 112 cm³/mol. The van der Waals surface area contributed by atoms with Crippen LogP contribution in [0.5, 0.6) is 0 Å². The highest BCUT2D eigenvalue weighted by Crippen LogP contribution is 2.42. The second kappa shape index (κ2) is 9.33. The van der Waals surface area contributed by atoms with E-state index >= 15 is 0 Å². The van der Waals surface area contributed by atoms with Gasteiger partial charge in [-0.25, -0.2) is 0 Å². The minimum Gasteiger partial charge on any atom is -0.503 e. The van der Waals surface area contributed by atoms with E-state index in [1.165, 1.54) is 41.5 Å². The number of rotatable bonds is 8. The Morgan fingerprint density at radius 3 is 2.59 bits per heavy atom. The molecule has 1 N–H and O–H groups in total. The summed E-state index contributed by atoms with van der Waals surface area (Å²) in [7, 11) is 0. The molecule has 0 aliphatic carbocycles. The summed E-state index contributed by atoms with van der Waals surface area (Å²) in [6, 6.07) is 7.77. The number of Topliss-reactive ketones (excluding diaryl/α,β-unsaturated/α-hetero) is 1. The number of para-hydroxylation sites is 1. The summed E-state index contributed by atoms with van der Waals surface area (Å²) in [5, 5.41) is 22.3. The summed E-state index contributed by atoms with van der Waals surface area (Å²) in [6.45, 7) is 3.77. The molecule has 168 valence electrons. The first-order chi connectivity index (χ1) is 15.5. The maximum atomic E-state index is 13.1. The molecule has 0 saturated carbocycles. The van der Waals surface area contributed by atoms with Crippen LogP contribution in [0.2, 0.25) is 0 Å². The number of carbonyl (C=O) groups is 2. The zero-order valence-corrected chi connectivity index (χ0v) is 17.3. The van der Waals surface area contributed by atoms with Gasteiger partial charge in [-0.05, 0) is 24.6 Å². The quantitative estimate of drug-likeness (QED) is 0.376. The maximum absolute atomic E-state index is 13.1. The van der Waals surface area contributed by atoms with Gasteiger partial charge in [-0.15, -0.1) is 0 Å². The van der Waals surface area contributed by atoms with Gasteiger partial charge in [-0.3, -0.25) is 24.6 Å². The zero-order chi connectivity index (χ0) is 22.7. The van der Waals surface area contributed by atoms with Crippen molar-refractivity contribution < 1.29 is 28.8 Å². The highest BCUT2D eigenvalue weighted by atomic mass is 16.6. The van der Waals surface area contributed by atoms with E-state index in [-0.39, 0.29) is 29.1 Å². The molecule has 2 aliphatic heterocycles. The molecule has 1 amide bonds. The summed E-state index contributed by atoms with van der Waals surface area (Å²) in [4.78, 5) is 40.7. The average molecular weight is 441 g/mol. The summed E-state index contributed by atoms with van der Waals surface area (Å²) < 4.78 is 10.5. The number of benzene rings is 1. The summed E-state index contributed by atoms with van der Waals surface area (Å²) in [5.41, 5.74) is -0.287. The molecule has 1 aromatic heterocycles. The zero-order valence-electron chi connectivity index (χ0n) is 17.3. The average Bonchev–Trinajstić information content (AvgIpc) is 3.42. The van der Waals surface area contributed by atoms with Crippen molar-refractivity contribution in [2.24, 2.45) is 0 Å². The molecule has 32 heavy (non-hydrogen) atoms. The van der Waals surface area contributed by atoms with E-state index in [1.807, 2.05) is 0 Å². The van der Waals surface area contributed by atoms with E-state index in [4.69, 9.17) is 9.15 Å². The Hall–Kier alpha value is -3.50. The van der Waals surface area contributed by atoms with Crippen LogP contribution < -0.4 is 0 Å². The Kier molecular flexibility index (Phi) is 6.33. The summed E-state index contributed by atoms with van der Waals surface area (Å²) >= 11 is 0. The molecule has 2 aromatic rings. The second-order valence-electron chi connectivity index (χ2n) is 7.59. The second-order valence-corrected chi connectivity index (χ2v) is 7.59. The molecule has 10 heteroatoms. The summed E-state index contributed by atoms with van der Waals surface area (Å²) in [5.74, 6) is -2.18. The molecule has 1 atom stereocenters. The minimum atomic E-state index is -1.09. The van der Waals surface area contributed by atoms with Gasteiger partial charge in [0, 0.05) is 32.2 Å². The van der Waals surface area contributed by atoms with Crippen LogP contribution in [0.15, 0.2) is 58.4 Å². The van der Waals surface area contributed by atoms with Crippen LogP contribution in [-0.4, -0.2) is 70.9 Å². The Balaban J connectivity index is 1.67. The number of morpholine rings is 1. The Morgan fingerprint density at radius 2 is 1.91 bits per heavy atom. The molecule has 10 nitrogen and oxygen atoms in total. The molecule has 1 fully saturated rings. The Morgan fingerprint density at radius 1 is 1.16 bits per heavy atom. The molecular formula is C22H23N3O7. The first-order valence-corrected chi connectivity index (χ1v) is 10.3. The predicted octanol–water partition coefficient (Wildman–Crippen LogP) is 2.49. The number of aliphatic hydroxyl groups is 1. The van der Waals surface area contributed by atoms with E-state index in [1.54, 1.807) is 6.07 Å². The number of aliphatic hydroxyl groups excluding tert-OH is 1. The van der Waals surface area contributed by atoms with Crippen LogP contribution >= 0.6 is 0 Å². The van der Waals surface area contributed by atoms with Gasteiger partial charge in [0.2, 0.25) is 5.78 Å². The topological polar surface area (TPSA) is 126 Å². The molecule has 0 radical (unpaired) electrons. The molecule has 1 aromatic carbocycles. The number of amides is 1. The lowest BCUT2D eigenvalue weighted by Gasteiger charge is -2.29. The number of hydrogen-bond acceptors (Lipinski definition) is 8. The van der Waals surface area contributed by atoms with Gasteiger partial charge in [0.25, 0.3) is 11.6 Å². The van der Waals surface area contributed by atoms with Gasteiger partial charge >= 0.3 is 0 Å². The van der Waals surface area contributed by atoms with Gasteiger partial charge in [0.05, 0.1) is 41.6 Å². The molecule has 1 saturated heterocycles. The maximum Gasteiger partial charge on any atom is 0.290 e. The number of carbonyl (C=O) groups excluding carboxylic acids is 2. The van der Waals surface area contributed by atoms with Gasteiger partial charge < -0.3 is 19.2 Å². The Bertz CT molecular complexity index is 1040. The van der Waals surface area contributed by atoms with Crippen LogP contribution in [0.4, 0.5) is 5.69 Å². The van der Waals surface area contributed by atoms with Crippen molar-refractivity contribution in [1.29, 1.82) is 0 Å². The van der Waals surface area contributed by atoms with E-state index in [2.05, 4.69) is 4.90 Å². The van der Waals surface area contributed by atoms with E-state index in [9.17, 15) is 24.8 Å². The smallest absolute Gasteiger partial charge is 0.290 e. The fourth-order valence-electron chi connectivity index (χ4n) is 4.15. The minimum absolute atomic E-state index is 0.0573. The first kappa shape index (κ1) is 21.7. The van der Waals surface area contributed by atoms with Gasteiger partial charge in [-0.2, -0.15) is 0 Å². The highest BCUT2D eigenvalue weighted by molar-refractivity contribution is 6.15. The largest absolute Gasteiger partial charge is 0.503 e. The van der Waals surface area contributed by atoms with Crippen LogP contribution in [0, 0.1) is 10.1 Å². The third-order valence-electron chi connectivity index (χ3n) is 5.70. The van der Waals surface area contributed by atoms with E-state index in [0.29, 0.717) is 26.2 Å². The molecule has 4 rings (SSSR count). The third-order valence-corrected chi connectivity index (χ3v) is 5.70. The number of nitro groups is 1. The fraction of sp³-hybridized carbons (Fsp3) is 0.364. The number of hydrogen-bond donors (Lipinski definition) is 1. The van der Waals surface area contributed by atoms with Crippen LogP contribution in [0.3, 0.4) is 0 Å². The van der Waals surface area contributed by atoms with Crippen LogP contribution in [0.25, 0.3) is 0 Å². The monoisotopic (exact) mass is 441 g/mol. The lowest BCUT2D eigenvalue weighted by Crippen LogP contribution is -2.39. The fourth-order valence-corrected chi connectivity index (χ4v) is 4.15. The van der Waals surface area contributed by atoms with Gasteiger partial charge in [0.1, 0.15) is 0 Å². The molecule has 0 unspecified atom stereocenters. The van der Waals surface area contributed by atoms with Crippen molar-refractivity contribution in [2.75, 3.05) is 39.4 Å². The highest BCUT2D eigenvalue weighted by Gasteiger charge is 2.46. The Labute approximate surface area is 183 Å². The number of ketones is 1. The van der Waals surface area contributed by atoms with Crippen molar-refractivity contribution in [1.82, 2.24) is 9.80 Å². The third kappa shape index (κ3) is 4.14. The number of ether oxygens (including phenoxy) is 1. The van der Waals surface area contributed by atoms with Crippen molar-refractivity contribution in [3.05, 3.63) is 75.4 Å². The van der Waals surface area contributed by atoms with Crippen LogP contribution in [0.1, 0.15) is 28.6 Å². The molecular weight excluding hydrogens is 418 g/mol. The lowest BCUT2D eigenvalue weighted by atomic mass is 9.94. The molecule has 0 bridgehead atoms. The number of nitro benzene ring substituents is 1. The van der Waals surface area contributed by atoms with Crippen molar-refractivity contribution >= 4 is 17.4 Å². The van der Waals surface area contributed by atoms with Gasteiger partial charge in [-0.1, -0.05) is 12.1 Å². The molecule has 0 spiro atoms. The number of nitrogens with zero attached hydrogens (tertiary/aromatic N) is 3. The van der Waals surface area contributed by atoms with Crippen LogP contribution in [-0.2, 0) is 9.53 Å². The summed E-state index contributed by atoms with van der Waals surface area (Å²) in [6.07, 6.45) is 1.88. The number of furan rings is 1. The van der Waals surface area contributed by atoms with Crippen molar-refractivity contribution in [3.63, 3.8) is 0 Å². The SMILES string of the molecule is O=C(C1=C(O)C(=O)N(CCCN2CCOCC2)[C@@H]1c1ccccc1[N+](=O)[O-])c1ccco1. The first-order valence-electron chi connectivity index (χ1n) is 10.3. The van der Waals surface area contributed by atoms with E-state index in [0.717, 1.165) is 13.1 Å². The standard InChI is InChI=1S/C22H23N3O7/c26-20(17-7-3-12-32-17)18-19(15-5-1-2-6-16(15)25(29)30)24(22(28)21(18)27)9-4-8-23-10-13-31-14-11-23/h1-3,5-7,12,19,27H,4,8-11,13-14H2/t19-/m1/s1. The van der Waals surface area contributed by atoms with Crippen molar-refractivity contribution in [2.45, 2.75) is 12.5 Å². The molecule has 2 aliphatic rings. The van der Waals surface area contributed by atoms with Gasteiger partial charge in [0.15, 0.2) is 11.5 Å².